The second kappa shape index (κ2) is 25.2. The van der Waals surface area contributed by atoms with Crippen molar-refractivity contribution >= 4 is 43.9 Å². The highest BCUT2D eigenvalue weighted by Crippen LogP contribution is 2.51. The summed E-state index contributed by atoms with van der Waals surface area (Å²) in [7, 11) is -7.05. The summed E-state index contributed by atoms with van der Waals surface area (Å²) >= 11 is 0. The van der Waals surface area contributed by atoms with Gasteiger partial charge in [0.25, 0.3) is 20.2 Å². The van der Waals surface area contributed by atoms with E-state index in [0.29, 0.717) is 82.0 Å². The van der Waals surface area contributed by atoms with Crippen molar-refractivity contribution in [3.63, 3.8) is 0 Å². The molecule has 1 amide bonds. The first-order valence-electron chi connectivity index (χ1n) is 22.0. The van der Waals surface area contributed by atoms with E-state index >= 15 is 0 Å². The summed E-state index contributed by atoms with van der Waals surface area (Å²) < 4.78 is 80.3. The van der Waals surface area contributed by atoms with Crippen LogP contribution in [0.3, 0.4) is 0 Å². The molecule has 2 heterocycles. The molecule has 0 aromatic heterocycles. The number of unbranched alkanes of at least 4 members (excludes halogenated alkanes) is 2. The number of nitrogens with zero attached hydrogens (tertiary/aromatic N) is 2. The highest BCUT2D eigenvalue weighted by atomic mass is 32.2. The predicted molar refractivity (Wildman–Crippen MR) is 251 cm³/mol. The van der Waals surface area contributed by atoms with Gasteiger partial charge < -0.3 is 24.5 Å². The number of hydrogen-bond donors (Lipinski definition) is 4. The van der Waals surface area contributed by atoms with Gasteiger partial charge in [-0.1, -0.05) is 61.0 Å². The van der Waals surface area contributed by atoms with Crippen LogP contribution in [0.15, 0.2) is 69.6 Å². The molecule has 352 valence electrons. The number of fused-ring (bicyclic) bond motifs is 2. The number of aliphatic carboxylic acids is 1. The molecular formula is C47H72N3O11S2+. The van der Waals surface area contributed by atoms with E-state index in [0.717, 1.165) is 27.9 Å². The van der Waals surface area contributed by atoms with E-state index in [1.807, 2.05) is 88.6 Å². The number of carbonyl (C=O) groups excluding carboxylic acids is 1. The third-order valence-electron chi connectivity index (χ3n) is 10.7. The molecule has 0 spiro atoms. The van der Waals surface area contributed by atoms with Gasteiger partial charge in [-0.15, -0.1) is 0 Å². The van der Waals surface area contributed by atoms with Crippen molar-refractivity contribution in [3.8, 4) is 11.3 Å². The number of methoxy groups -OCH3 is 1. The first-order valence-corrected chi connectivity index (χ1v) is 25.1. The van der Waals surface area contributed by atoms with Gasteiger partial charge >= 0.3 is 5.97 Å². The molecule has 63 heavy (non-hydrogen) atoms. The van der Waals surface area contributed by atoms with Gasteiger partial charge in [0.05, 0.1) is 23.3 Å². The first kappa shape index (κ1) is 54.8. The van der Waals surface area contributed by atoms with Crippen LogP contribution >= 0.6 is 0 Å². The first-order chi connectivity index (χ1) is 29.7. The van der Waals surface area contributed by atoms with E-state index in [9.17, 15) is 40.6 Å². The van der Waals surface area contributed by atoms with Crippen LogP contribution in [0.2, 0.25) is 0 Å². The molecule has 4 rings (SSSR count). The third-order valence-corrected chi connectivity index (χ3v) is 12.3. The molecule has 1 unspecified atom stereocenters. The van der Waals surface area contributed by atoms with Crippen molar-refractivity contribution in [2.45, 2.75) is 129 Å². The Morgan fingerprint density at radius 1 is 0.937 bits per heavy atom. The zero-order valence-corrected chi connectivity index (χ0v) is 40.6. The van der Waals surface area contributed by atoms with Crippen molar-refractivity contribution in [2.24, 2.45) is 0 Å². The number of ether oxygens (including phenoxy) is 1. The van der Waals surface area contributed by atoms with E-state index in [1.54, 1.807) is 13.2 Å². The van der Waals surface area contributed by atoms with Crippen molar-refractivity contribution in [1.82, 2.24) is 9.89 Å². The molecule has 1 aromatic carbocycles. The number of carbonyl (C=O) groups is 2. The normalized spacial score (nSPS) is 16.3. The van der Waals surface area contributed by atoms with E-state index in [2.05, 4.69) is 31.0 Å². The number of nitrogens with one attached hydrogen (secondary N) is 1. The molecule has 1 aliphatic carbocycles. The monoisotopic (exact) mass is 918 g/mol. The summed E-state index contributed by atoms with van der Waals surface area (Å²) in [5.41, 5.74) is 3.22. The number of carboxylic acid groups (broad SMARTS) is 1. The fourth-order valence-corrected chi connectivity index (χ4v) is 8.64. The average Bonchev–Trinajstić information content (AvgIpc) is 3.45. The van der Waals surface area contributed by atoms with Gasteiger partial charge in [0.1, 0.15) is 24.6 Å². The van der Waals surface area contributed by atoms with Crippen molar-refractivity contribution < 1.29 is 49.8 Å². The molecule has 1 atom stereocenters. The summed E-state index contributed by atoms with van der Waals surface area (Å²) in [5, 5.41) is 12.9. The third kappa shape index (κ3) is 16.3. The number of carboxylic acids is 1. The van der Waals surface area contributed by atoms with Crippen molar-refractivity contribution in [2.75, 3.05) is 50.5 Å². The Labute approximate surface area is 376 Å². The van der Waals surface area contributed by atoms with Crippen LogP contribution in [-0.4, -0.2) is 88.6 Å². The second-order valence-electron chi connectivity index (χ2n) is 16.2. The lowest BCUT2D eigenvalue weighted by Crippen LogP contribution is -2.31. The quantitative estimate of drug-likeness (QED) is 0.0453. The maximum absolute atomic E-state index is 12.7. The Morgan fingerprint density at radius 2 is 1.63 bits per heavy atom. The topological polar surface area (TPSA) is 204 Å². The van der Waals surface area contributed by atoms with Gasteiger partial charge in [-0.25, -0.2) is 4.58 Å². The van der Waals surface area contributed by atoms with E-state index in [1.165, 1.54) is 12.1 Å². The zero-order chi connectivity index (χ0) is 47.6. The molecule has 3 aliphatic rings. The molecule has 0 fully saturated rings. The Hall–Kier alpha value is -4.35. The molecule has 0 bridgehead atoms. The largest absolute Gasteiger partial charge is 0.481 e. The smallest absolute Gasteiger partial charge is 0.303 e. The number of amides is 1. The molecule has 2 aliphatic heterocycles. The van der Waals surface area contributed by atoms with Gasteiger partial charge in [-0.3, -0.25) is 18.7 Å². The van der Waals surface area contributed by atoms with Crippen molar-refractivity contribution in [3.05, 3.63) is 82.6 Å². The minimum Gasteiger partial charge on any atom is -0.481 e. The van der Waals surface area contributed by atoms with Gasteiger partial charge in [-0.05, 0) is 98.6 Å². The number of benzene rings is 2. The van der Waals surface area contributed by atoms with Crippen LogP contribution in [0.1, 0.15) is 131 Å². The second-order valence-corrected chi connectivity index (χ2v) is 19.2. The summed E-state index contributed by atoms with van der Waals surface area (Å²) in [5.74, 6) is -0.116. The van der Waals surface area contributed by atoms with Gasteiger partial charge in [0, 0.05) is 67.9 Å². The lowest BCUT2D eigenvalue weighted by atomic mass is 9.77. The Bertz CT molecular complexity index is 2290. The summed E-state index contributed by atoms with van der Waals surface area (Å²) in [6.07, 6.45) is 9.02. The van der Waals surface area contributed by atoms with Gasteiger partial charge in [0.2, 0.25) is 11.3 Å². The fourth-order valence-electron chi connectivity index (χ4n) is 7.64. The maximum Gasteiger partial charge on any atom is 0.303 e. The standard InChI is InChI=1S/C43H59N3O11S2.2C2H6/c1-7-45(24-13-27-58(50,51)52)31-18-20-34-35(42(2,3)4)29-32(57-38(34)28-31)14-11-15-39-43(5,22-12-16-40(47)44-23-26-56-6)36-30-33(59(53,54)55)19-21-37(36)46(39)25-10-8-9-17-41(48)49;2*1-2/h11,14-15,18-21,28-30H,7-10,12-13,16-17,22-27H2,1-6H3,(H3-,44,47,48,49,50,51,52,53,54,55);2*1-2H3/p+1. The van der Waals surface area contributed by atoms with Crippen LogP contribution in [0, 0.1) is 0 Å². The lowest BCUT2D eigenvalue weighted by molar-refractivity contribution is -0.137. The van der Waals surface area contributed by atoms with Crippen LogP contribution in [-0.2, 0) is 45.4 Å². The molecular weight excluding hydrogens is 847 g/mol. The Morgan fingerprint density at radius 3 is 2.24 bits per heavy atom. The molecule has 0 saturated heterocycles. The minimum atomic E-state index is -4.53. The Balaban J connectivity index is 0.00000331. The fraction of sp³-hybridized carbons (Fsp3) is 0.553. The molecule has 14 nitrogen and oxygen atoms in total. The van der Waals surface area contributed by atoms with E-state index in [4.69, 9.17) is 9.15 Å². The van der Waals surface area contributed by atoms with E-state index in [-0.39, 0.29) is 41.2 Å². The van der Waals surface area contributed by atoms with Crippen LogP contribution < -0.4 is 20.1 Å². The maximum atomic E-state index is 12.7. The van der Waals surface area contributed by atoms with E-state index < -0.39 is 31.6 Å². The van der Waals surface area contributed by atoms with Crippen LogP contribution in [0.4, 0.5) is 5.69 Å². The zero-order valence-electron chi connectivity index (χ0n) is 39.0. The van der Waals surface area contributed by atoms with Gasteiger partial charge in [-0.2, -0.15) is 16.8 Å². The SMILES string of the molecule is CC.CC.CC[N+](CCCS(=O)(=O)O)=c1ccc2c(C(C)(C)C)cc(/C=C/C=C3/N(CCCCCC(=O)O)c4ccc(S(=O)(=O)O)cc4C3(C)CCCC(=O)NCCOC)oc-2c1. The highest BCUT2D eigenvalue weighted by Gasteiger charge is 2.43. The van der Waals surface area contributed by atoms with Crippen LogP contribution in [0.25, 0.3) is 17.4 Å². The number of rotatable bonds is 21. The van der Waals surface area contributed by atoms with Crippen LogP contribution in [0.5, 0.6) is 0 Å². The molecule has 4 N–H and O–H groups in total. The summed E-state index contributed by atoms with van der Waals surface area (Å²) in [6.45, 7) is 20.6. The summed E-state index contributed by atoms with van der Waals surface area (Å²) in [4.78, 5) is 25.8. The van der Waals surface area contributed by atoms with Crippen molar-refractivity contribution in [1.29, 1.82) is 0 Å². The number of allylic oxidation sites excluding steroid dienone is 3. The average molecular weight is 919 g/mol. The lowest BCUT2D eigenvalue weighted by Gasteiger charge is -2.30. The molecule has 1 aromatic rings. The number of hydrogen-bond acceptors (Lipinski definition) is 9. The summed E-state index contributed by atoms with van der Waals surface area (Å²) in [6, 6.07) is 12.5. The molecule has 16 heteroatoms. The number of anilines is 1. The Kier molecular flexibility index (Phi) is 21.9. The molecule has 0 saturated carbocycles. The molecule has 0 radical (unpaired) electrons. The van der Waals surface area contributed by atoms with Gasteiger partial charge in [0.15, 0.2) is 0 Å². The predicted octanol–water partition coefficient (Wildman–Crippen LogP) is 8.30. The minimum absolute atomic E-state index is 0.0573. The highest BCUT2D eigenvalue weighted by molar-refractivity contribution is 7.86.